The van der Waals surface area contributed by atoms with Gasteiger partial charge in [0.05, 0.1) is 24.8 Å². The molecule has 0 bridgehead atoms. The molecule has 10 heteroatoms. The Hall–Kier alpha value is -2.49. The van der Waals surface area contributed by atoms with Gasteiger partial charge in [-0.3, -0.25) is 15.2 Å². The number of esters is 1. The Balaban J connectivity index is 1.95. The monoisotopic (exact) mass is 366 g/mol. The van der Waals surface area contributed by atoms with Crippen molar-refractivity contribution in [3.8, 4) is 0 Å². The highest BCUT2D eigenvalue weighted by Crippen LogP contribution is 2.20. The summed E-state index contributed by atoms with van der Waals surface area (Å²) in [7, 11) is 0. The molecule has 136 valence electrons. The summed E-state index contributed by atoms with van der Waals surface area (Å²) >= 11 is 1.25. The summed E-state index contributed by atoms with van der Waals surface area (Å²) in [6.45, 7) is 7.81. The minimum absolute atomic E-state index is 0.0821. The predicted octanol–water partition coefficient (Wildman–Crippen LogP) is 2.19. The van der Waals surface area contributed by atoms with E-state index in [1.807, 2.05) is 13.8 Å². The van der Waals surface area contributed by atoms with Gasteiger partial charge < -0.3 is 10.1 Å². The number of aryl methyl sites for hydroxylation is 1. The molecule has 25 heavy (non-hydrogen) atoms. The van der Waals surface area contributed by atoms with Crippen LogP contribution >= 0.6 is 11.3 Å². The summed E-state index contributed by atoms with van der Waals surface area (Å²) in [4.78, 5) is 32.2. The summed E-state index contributed by atoms with van der Waals surface area (Å²) in [6.07, 6.45) is 0.0821. The fraction of sp³-hybridized carbons (Fsp3) is 0.533. The van der Waals surface area contributed by atoms with Crippen LogP contribution in [-0.4, -0.2) is 38.8 Å². The molecule has 2 heterocycles. The number of nitrogens with one attached hydrogen (secondary N) is 3. The van der Waals surface area contributed by atoms with Crippen LogP contribution in [0.1, 0.15) is 44.2 Å². The fourth-order valence-corrected chi connectivity index (χ4v) is 2.81. The molecule has 0 spiro atoms. The van der Waals surface area contributed by atoms with Gasteiger partial charge in [0.1, 0.15) is 5.82 Å². The number of carbonyl (C=O) groups excluding carboxylic acids is 2. The molecule has 0 saturated carbocycles. The number of carbonyl (C=O) groups is 2. The van der Waals surface area contributed by atoms with Gasteiger partial charge in [-0.15, -0.1) is 11.3 Å². The summed E-state index contributed by atoms with van der Waals surface area (Å²) in [5.41, 5.74) is 0.559. The number of anilines is 1. The highest BCUT2D eigenvalue weighted by atomic mass is 32.1. The maximum atomic E-state index is 12.2. The first-order valence-corrected chi connectivity index (χ1v) is 8.83. The number of H-pyrrole nitrogens is 1. The van der Waals surface area contributed by atoms with Crippen LogP contribution < -0.4 is 10.6 Å². The molecule has 0 aliphatic heterocycles. The van der Waals surface area contributed by atoms with E-state index >= 15 is 0 Å². The third-order valence-electron chi connectivity index (χ3n) is 3.25. The van der Waals surface area contributed by atoms with Crippen molar-refractivity contribution in [3.05, 3.63) is 22.7 Å². The Kier molecular flexibility index (Phi) is 6.45. The molecular weight excluding hydrogens is 344 g/mol. The van der Waals surface area contributed by atoms with Gasteiger partial charge in [0.15, 0.2) is 11.0 Å². The van der Waals surface area contributed by atoms with Crippen LogP contribution in [0.4, 0.5) is 9.93 Å². The lowest BCUT2D eigenvalue weighted by atomic mass is 10.0. The second-order valence-electron chi connectivity index (χ2n) is 5.72. The minimum atomic E-state index is -0.404. The van der Waals surface area contributed by atoms with Crippen molar-refractivity contribution in [3.63, 3.8) is 0 Å². The zero-order chi connectivity index (χ0) is 18.4. The number of aromatic nitrogens is 4. The van der Waals surface area contributed by atoms with Crippen molar-refractivity contribution in [1.82, 2.24) is 25.5 Å². The van der Waals surface area contributed by atoms with Crippen LogP contribution in [0.3, 0.4) is 0 Å². The molecule has 0 saturated heterocycles. The zero-order valence-electron chi connectivity index (χ0n) is 14.6. The van der Waals surface area contributed by atoms with Gasteiger partial charge in [-0.2, -0.15) is 5.10 Å². The van der Waals surface area contributed by atoms with E-state index in [4.69, 9.17) is 4.74 Å². The molecule has 0 aliphatic carbocycles. The van der Waals surface area contributed by atoms with Crippen LogP contribution in [-0.2, 0) is 16.0 Å². The number of nitrogens with zero attached hydrogens (tertiary/aromatic N) is 3. The van der Waals surface area contributed by atoms with Crippen LogP contribution in [0.5, 0.6) is 0 Å². The predicted molar refractivity (Wildman–Crippen MR) is 93.3 cm³/mol. The largest absolute Gasteiger partial charge is 0.466 e. The molecule has 1 atom stereocenters. The number of amides is 2. The van der Waals surface area contributed by atoms with Gasteiger partial charge in [0, 0.05) is 5.38 Å². The minimum Gasteiger partial charge on any atom is -0.466 e. The number of hydrogen-bond acceptors (Lipinski definition) is 7. The lowest BCUT2D eigenvalue weighted by Crippen LogP contribution is -2.35. The maximum absolute atomic E-state index is 12.2. The molecule has 0 unspecified atom stereocenters. The van der Waals surface area contributed by atoms with Gasteiger partial charge in [0.2, 0.25) is 0 Å². The second-order valence-corrected chi connectivity index (χ2v) is 6.58. The van der Waals surface area contributed by atoms with Crippen molar-refractivity contribution in [1.29, 1.82) is 0 Å². The Labute approximate surface area is 149 Å². The SMILES string of the molecule is CCOC(=O)Cc1csc(NC(=O)N[C@H](c2n[nH]c(C)n2)C(C)C)n1. The second kappa shape index (κ2) is 8.56. The summed E-state index contributed by atoms with van der Waals surface area (Å²) < 4.78 is 4.88. The molecule has 0 aromatic carbocycles. The summed E-state index contributed by atoms with van der Waals surface area (Å²) in [6, 6.07) is -0.734. The number of aromatic amines is 1. The highest BCUT2D eigenvalue weighted by molar-refractivity contribution is 7.13. The van der Waals surface area contributed by atoms with Crippen LogP contribution in [0.2, 0.25) is 0 Å². The van der Waals surface area contributed by atoms with Crippen molar-refractivity contribution < 1.29 is 14.3 Å². The third kappa shape index (κ3) is 5.52. The standard InChI is InChI=1S/C15H22N6O3S/c1-5-24-11(22)6-10-7-25-15(17-10)19-14(23)18-12(8(2)3)13-16-9(4)20-21-13/h7-8,12H,5-6H2,1-4H3,(H,16,20,21)(H2,17,18,19,23)/t12-/m0/s1. The van der Waals surface area contributed by atoms with Crippen molar-refractivity contribution in [2.45, 2.75) is 40.2 Å². The normalized spacial score (nSPS) is 12.0. The number of ether oxygens (including phenoxy) is 1. The smallest absolute Gasteiger partial charge is 0.321 e. The van der Waals surface area contributed by atoms with Gasteiger partial charge in [-0.25, -0.2) is 14.8 Å². The van der Waals surface area contributed by atoms with Crippen molar-refractivity contribution >= 4 is 28.5 Å². The van der Waals surface area contributed by atoms with Gasteiger partial charge >= 0.3 is 12.0 Å². The quantitative estimate of drug-likeness (QED) is 0.646. The van der Waals surface area contributed by atoms with E-state index in [9.17, 15) is 9.59 Å². The van der Waals surface area contributed by atoms with Crippen molar-refractivity contribution in [2.75, 3.05) is 11.9 Å². The third-order valence-corrected chi connectivity index (χ3v) is 4.06. The molecule has 0 fully saturated rings. The summed E-state index contributed by atoms with van der Waals surface area (Å²) in [5.74, 6) is 0.983. The van der Waals surface area contributed by atoms with E-state index < -0.39 is 6.03 Å². The van der Waals surface area contributed by atoms with E-state index in [-0.39, 0.29) is 24.3 Å². The first kappa shape index (κ1) is 18.8. The van der Waals surface area contributed by atoms with E-state index in [1.165, 1.54) is 11.3 Å². The number of thiazole rings is 1. The van der Waals surface area contributed by atoms with E-state index in [1.54, 1.807) is 19.2 Å². The lowest BCUT2D eigenvalue weighted by Gasteiger charge is -2.19. The molecular formula is C15H22N6O3S. The molecule has 3 N–H and O–H groups in total. The van der Waals surface area contributed by atoms with E-state index in [0.29, 0.717) is 29.1 Å². The summed E-state index contributed by atoms with van der Waals surface area (Å²) in [5, 5.41) is 14.5. The van der Waals surface area contributed by atoms with Crippen LogP contribution in [0.15, 0.2) is 5.38 Å². The van der Waals surface area contributed by atoms with Gasteiger partial charge in [0.25, 0.3) is 0 Å². The first-order chi connectivity index (χ1) is 11.9. The first-order valence-electron chi connectivity index (χ1n) is 7.95. The topological polar surface area (TPSA) is 122 Å². The molecule has 0 aliphatic rings. The van der Waals surface area contributed by atoms with Gasteiger partial charge in [-0.1, -0.05) is 13.8 Å². The lowest BCUT2D eigenvalue weighted by molar-refractivity contribution is -0.142. The number of urea groups is 1. The Morgan fingerprint density at radius 2 is 2.12 bits per heavy atom. The molecule has 0 radical (unpaired) electrons. The Morgan fingerprint density at radius 3 is 2.72 bits per heavy atom. The van der Waals surface area contributed by atoms with E-state index in [2.05, 4.69) is 30.8 Å². The van der Waals surface area contributed by atoms with Crippen molar-refractivity contribution in [2.24, 2.45) is 5.92 Å². The average Bonchev–Trinajstić information content (AvgIpc) is 3.14. The number of rotatable bonds is 7. The maximum Gasteiger partial charge on any atom is 0.321 e. The van der Waals surface area contributed by atoms with Gasteiger partial charge in [-0.05, 0) is 19.8 Å². The Morgan fingerprint density at radius 1 is 1.36 bits per heavy atom. The Bertz CT molecular complexity index is 726. The average molecular weight is 366 g/mol. The van der Waals surface area contributed by atoms with E-state index in [0.717, 1.165) is 0 Å². The molecule has 2 aromatic rings. The van der Waals surface area contributed by atoms with Crippen LogP contribution in [0, 0.1) is 12.8 Å². The molecule has 2 rings (SSSR count). The fourth-order valence-electron chi connectivity index (χ4n) is 2.11. The van der Waals surface area contributed by atoms with Crippen LogP contribution in [0.25, 0.3) is 0 Å². The zero-order valence-corrected chi connectivity index (χ0v) is 15.4. The molecule has 9 nitrogen and oxygen atoms in total. The number of hydrogen-bond donors (Lipinski definition) is 3. The molecule has 2 amide bonds. The molecule has 2 aromatic heterocycles. The highest BCUT2D eigenvalue weighted by Gasteiger charge is 2.22.